The number of hydroxylamine groups is 1. The van der Waals surface area contributed by atoms with Crippen LogP contribution in [0.1, 0.15) is 11.8 Å². The zero-order valence-electron chi connectivity index (χ0n) is 11.2. The van der Waals surface area contributed by atoms with Crippen molar-refractivity contribution in [1.82, 2.24) is 15.0 Å². The van der Waals surface area contributed by atoms with E-state index in [1.165, 1.54) is 13.3 Å². The number of rotatable bonds is 5. The smallest absolute Gasteiger partial charge is 0.330 e. The van der Waals surface area contributed by atoms with Crippen molar-refractivity contribution in [1.29, 1.82) is 0 Å². The Morgan fingerprint density at radius 3 is 2.71 bits per heavy atom. The van der Waals surface area contributed by atoms with Crippen LogP contribution in [0.4, 0.5) is 0 Å². The van der Waals surface area contributed by atoms with Crippen molar-refractivity contribution < 1.29 is 24.9 Å². The molecule has 0 aliphatic carbocycles. The van der Waals surface area contributed by atoms with E-state index in [-0.39, 0.29) is 12.1 Å². The molecule has 0 amide bonds. The van der Waals surface area contributed by atoms with Crippen molar-refractivity contribution in [2.24, 2.45) is 0 Å². The summed E-state index contributed by atoms with van der Waals surface area (Å²) >= 11 is 0. The molecule has 5 N–H and O–H groups in total. The van der Waals surface area contributed by atoms with Crippen molar-refractivity contribution in [3.63, 3.8) is 0 Å². The molecule has 1 aliphatic heterocycles. The molecule has 118 valence electrons. The maximum absolute atomic E-state index is 11.8. The molecule has 0 saturated carbocycles. The molecule has 0 radical (unpaired) electrons. The third kappa shape index (κ3) is 3.05. The minimum atomic E-state index is -1.41. The Morgan fingerprint density at radius 1 is 1.43 bits per heavy atom. The molecule has 1 aliphatic rings. The largest absolute Gasteiger partial charge is 0.394 e. The van der Waals surface area contributed by atoms with Crippen LogP contribution in [0, 0.1) is 0 Å². The summed E-state index contributed by atoms with van der Waals surface area (Å²) in [4.78, 5) is 30.2. The third-order valence-corrected chi connectivity index (χ3v) is 3.24. The zero-order valence-corrected chi connectivity index (χ0v) is 11.2. The minimum Gasteiger partial charge on any atom is -0.394 e. The number of aromatic nitrogens is 2. The third-order valence-electron chi connectivity index (χ3n) is 3.24. The van der Waals surface area contributed by atoms with Gasteiger partial charge < -0.3 is 24.9 Å². The molecule has 0 aromatic carbocycles. The number of hydrogen-bond donors (Lipinski definition) is 5. The summed E-state index contributed by atoms with van der Waals surface area (Å²) in [6.45, 7) is -0.480. The van der Waals surface area contributed by atoms with E-state index in [2.05, 4.69) is 15.3 Å². The van der Waals surface area contributed by atoms with Crippen molar-refractivity contribution in [2.45, 2.75) is 31.1 Å². The molecular formula is C11H17N3O7. The van der Waals surface area contributed by atoms with Gasteiger partial charge in [-0.2, -0.15) is 5.48 Å². The number of aromatic amines is 1. The highest BCUT2D eigenvalue weighted by Crippen LogP contribution is 2.27. The van der Waals surface area contributed by atoms with Crippen molar-refractivity contribution in [3.8, 4) is 0 Å². The van der Waals surface area contributed by atoms with Gasteiger partial charge in [0.25, 0.3) is 5.56 Å². The summed E-state index contributed by atoms with van der Waals surface area (Å²) in [6.07, 6.45) is -3.76. The van der Waals surface area contributed by atoms with Gasteiger partial charge in [-0.15, -0.1) is 0 Å². The number of H-pyrrole nitrogens is 1. The summed E-state index contributed by atoms with van der Waals surface area (Å²) in [6, 6.07) is 0. The Labute approximate surface area is 118 Å². The average molecular weight is 303 g/mol. The van der Waals surface area contributed by atoms with E-state index < -0.39 is 42.4 Å². The van der Waals surface area contributed by atoms with Crippen LogP contribution >= 0.6 is 0 Å². The van der Waals surface area contributed by atoms with Crippen LogP contribution in [-0.2, 0) is 16.1 Å². The van der Waals surface area contributed by atoms with E-state index in [0.717, 1.165) is 4.57 Å². The van der Waals surface area contributed by atoms with Gasteiger partial charge in [-0.05, 0) is 0 Å². The predicted molar refractivity (Wildman–Crippen MR) is 68.2 cm³/mol. The summed E-state index contributed by atoms with van der Waals surface area (Å²) < 4.78 is 6.20. The number of hydrogen-bond acceptors (Lipinski definition) is 8. The number of aliphatic hydroxyl groups is 3. The fourth-order valence-electron chi connectivity index (χ4n) is 2.10. The van der Waals surface area contributed by atoms with E-state index in [1.54, 1.807) is 0 Å². The second-order valence-corrected chi connectivity index (χ2v) is 4.57. The second kappa shape index (κ2) is 6.47. The van der Waals surface area contributed by atoms with Crippen LogP contribution in [-0.4, -0.2) is 56.9 Å². The fraction of sp³-hybridized carbons (Fsp3) is 0.636. The lowest BCUT2D eigenvalue weighted by molar-refractivity contribution is -0.0552. The van der Waals surface area contributed by atoms with Crippen LogP contribution in [0.25, 0.3) is 0 Å². The van der Waals surface area contributed by atoms with Crippen molar-refractivity contribution in [2.75, 3.05) is 13.7 Å². The molecule has 10 nitrogen and oxygen atoms in total. The fourth-order valence-corrected chi connectivity index (χ4v) is 2.10. The van der Waals surface area contributed by atoms with Gasteiger partial charge in [0.1, 0.15) is 18.3 Å². The van der Waals surface area contributed by atoms with Crippen LogP contribution in [0.15, 0.2) is 15.8 Å². The summed E-state index contributed by atoms with van der Waals surface area (Å²) in [5.74, 6) is 0. The minimum absolute atomic E-state index is 0.0287. The van der Waals surface area contributed by atoms with E-state index in [9.17, 15) is 19.8 Å². The van der Waals surface area contributed by atoms with Crippen molar-refractivity contribution >= 4 is 0 Å². The van der Waals surface area contributed by atoms with Crippen LogP contribution in [0.3, 0.4) is 0 Å². The highest BCUT2D eigenvalue weighted by Gasteiger charge is 2.43. The van der Waals surface area contributed by atoms with E-state index in [0.29, 0.717) is 0 Å². The Bertz CT molecular complexity index is 598. The van der Waals surface area contributed by atoms with Crippen molar-refractivity contribution in [3.05, 3.63) is 32.6 Å². The molecule has 0 bridgehead atoms. The lowest BCUT2D eigenvalue weighted by Crippen LogP contribution is -2.39. The highest BCUT2D eigenvalue weighted by atomic mass is 16.6. The molecule has 1 fully saturated rings. The molecule has 2 rings (SSSR count). The Kier molecular flexibility index (Phi) is 4.88. The number of nitrogens with one attached hydrogen (secondary N) is 2. The Morgan fingerprint density at radius 2 is 2.14 bits per heavy atom. The van der Waals surface area contributed by atoms with Crippen LogP contribution in [0.5, 0.6) is 0 Å². The standard InChI is InChI=1S/C11H17N3O7/c1-20-12-2-5-3-14(11(19)13-9(5)18)10-8(17)7(16)6(4-15)21-10/h3,6-8,10,12,15-17H,2,4H2,1H3,(H,13,18,19)/t6-,7-,8-,10-/m1/s1. The molecular weight excluding hydrogens is 286 g/mol. The molecule has 21 heavy (non-hydrogen) atoms. The Hall–Kier alpha value is -1.56. The number of aliphatic hydroxyl groups excluding tert-OH is 3. The molecule has 2 heterocycles. The first-order chi connectivity index (χ1) is 9.99. The molecule has 10 heteroatoms. The van der Waals surface area contributed by atoms with E-state index in [1.807, 2.05) is 0 Å². The molecule has 1 aromatic heterocycles. The summed E-state index contributed by atoms with van der Waals surface area (Å²) in [5, 5.41) is 28.6. The maximum Gasteiger partial charge on any atom is 0.330 e. The van der Waals surface area contributed by atoms with Gasteiger partial charge >= 0.3 is 5.69 Å². The normalized spacial score (nSPS) is 29.0. The predicted octanol–water partition coefficient (Wildman–Crippen LogP) is -3.20. The first-order valence-corrected chi connectivity index (χ1v) is 6.22. The molecule has 4 atom stereocenters. The van der Waals surface area contributed by atoms with Crippen LogP contribution in [0.2, 0.25) is 0 Å². The SMILES string of the molecule is CONCc1cn([C@@H]2O[C@H](CO)[C@@H](O)[C@H]2O)c(=O)[nH]c1=O. The van der Waals surface area contributed by atoms with Gasteiger partial charge in [0.05, 0.1) is 25.8 Å². The van der Waals surface area contributed by atoms with Gasteiger partial charge in [0.2, 0.25) is 0 Å². The van der Waals surface area contributed by atoms with Gasteiger partial charge in [-0.25, -0.2) is 4.79 Å². The van der Waals surface area contributed by atoms with Gasteiger partial charge in [-0.1, -0.05) is 0 Å². The molecule has 1 saturated heterocycles. The molecule has 1 aromatic rings. The lowest BCUT2D eigenvalue weighted by atomic mass is 10.1. The van der Waals surface area contributed by atoms with Gasteiger partial charge in [0, 0.05) is 6.20 Å². The quantitative estimate of drug-likeness (QED) is 0.357. The van der Waals surface area contributed by atoms with Crippen LogP contribution < -0.4 is 16.7 Å². The first kappa shape index (κ1) is 15.8. The molecule has 0 unspecified atom stereocenters. The second-order valence-electron chi connectivity index (χ2n) is 4.57. The first-order valence-electron chi connectivity index (χ1n) is 6.22. The van der Waals surface area contributed by atoms with Gasteiger partial charge in [0.15, 0.2) is 6.23 Å². The summed E-state index contributed by atoms with van der Waals surface area (Å²) in [7, 11) is 1.37. The highest BCUT2D eigenvalue weighted by molar-refractivity contribution is 5.05. The lowest BCUT2D eigenvalue weighted by Gasteiger charge is -2.18. The number of ether oxygens (including phenoxy) is 1. The Balaban J connectivity index is 2.35. The monoisotopic (exact) mass is 303 g/mol. The summed E-state index contributed by atoms with van der Waals surface area (Å²) in [5.41, 5.74) is 1.23. The molecule has 0 spiro atoms. The van der Waals surface area contributed by atoms with E-state index >= 15 is 0 Å². The van der Waals surface area contributed by atoms with E-state index in [4.69, 9.17) is 9.84 Å². The number of nitrogens with zero attached hydrogens (tertiary/aromatic N) is 1. The zero-order chi connectivity index (χ0) is 15.6. The maximum atomic E-state index is 11.8. The topological polar surface area (TPSA) is 146 Å². The van der Waals surface area contributed by atoms with Gasteiger partial charge in [-0.3, -0.25) is 14.3 Å². The average Bonchev–Trinajstić information content (AvgIpc) is 2.74.